The minimum Gasteiger partial charge on any atom is -0.507 e. The van der Waals surface area contributed by atoms with Crippen molar-refractivity contribution in [1.82, 2.24) is 0 Å². The van der Waals surface area contributed by atoms with Crippen LogP contribution in [0.4, 0.5) is 0 Å². The van der Waals surface area contributed by atoms with E-state index in [1.54, 1.807) is 0 Å². The fourth-order valence-corrected chi connectivity index (χ4v) is 5.39. The van der Waals surface area contributed by atoms with Gasteiger partial charge in [-0.05, 0) is 84.0 Å². The number of phenols is 2. The second-order valence-electron chi connectivity index (χ2n) is 9.43. The highest BCUT2D eigenvalue weighted by molar-refractivity contribution is 5.63. The molecule has 4 rings (SSSR count). The Balaban J connectivity index is 2.13. The molecule has 0 saturated carbocycles. The lowest BCUT2D eigenvalue weighted by atomic mass is 9.67. The maximum absolute atomic E-state index is 10.4. The Bertz CT molecular complexity index is 1020. The molecule has 150 valence electrons. The number of aromatic hydroxyl groups is 2. The van der Waals surface area contributed by atoms with Crippen LogP contribution in [0.2, 0.25) is 0 Å². The topological polar surface area (TPSA) is 40.5 Å². The van der Waals surface area contributed by atoms with Crippen molar-refractivity contribution in [2.24, 2.45) is 0 Å². The molecule has 0 aromatic heterocycles. The number of hydrogen-bond donors (Lipinski definition) is 2. The minimum atomic E-state index is -0.327. The Morgan fingerprint density at radius 2 is 1.03 bits per heavy atom. The highest BCUT2D eigenvalue weighted by Gasteiger charge is 2.50. The standard InChI is InChI=1S/C27H30O2/c1-16-11-20(12-17(2)24(16)28)27(21-13-18(3)25(29)19(4)14-21)15-26(5,6)22-9-7-8-10-23(22)27/h7-14,28-29H,15H2,1-6H3. The molecular formula is C27H30O2. The fourth-order valence-electron chi connectivity index (χ4n) is 5.39. The van der Waals surface area contributed by atoms with Gasteiger partial charge in [-0.25, -0.2) is 0 Å². The number of benzene rings is 3. The van der Waals surface area contributed by atoms with E-state index in [9.17, 15) is 10.2 Å². The Morgan fingerprint density at radius 3 is 1.45 bits per heavy atom. The molecule has 0 atom stereocenters. The van der Waals surface area contributed by atoms with E-state index < -0.39 is 0 Å². The van der Waals surface area contributed by atoms with E-state index in [-0.39, 0.29) is 10.8 Å². The first-order chi connectivity index (χ1) is 13.6. The second kappa shape index (κ2) is 6.38. The van der Waals surface area contributed by atoms with Crippen LogP contribution in [0.3, 0.4) is 0 Å². The van der Waals surface area contributed by atoms with Crippen molar-refractivity contribution in [1.29, 1.82) is 0 Å². The van der Waals surface area contributed by atoms with Gasteiger partial charge >= 0.3 is 0 Å². The number of fused-ring (bicyclic) bond motifs is 1. The van der Waals surface area contributed by atoms with E-state index in [4.69, 9.17) is 0 Å². The molecule has 2 nitrogen and oxygen atoms in total. The molecule has 2 N–H and O–H groups in total. The summed E-state index contributed by atoms with van der Waals surface area (Å²) in [7, 11) is 0. The third kappa shape index (κ3) is 2.77. The lowest BCUT2D eigenvalue weighted by molar-refractivity contribution is 0.438. The molecule has 0 heterocycles. The predicted octanol–water partition coefficient (Wildman–Crippen LogP) is 6.35. The third-order valence-corrected chi connectivity index (χ3v) is 6.79. The Hall–Kier alpha value is -2.74. The molecule has 0 bridgehead atoms. The molecule has 1 aliphatic carbocycles. The first-order valence-corrected chi connectivity index (χ1v) is 10.3. The summed E-state index contributed by atoms with van der Waals surface area (Å²) < 4.78 is 0. The zero-order valence-electron chi connectivity index (χ0n) is 18.2. The molecule has 29 heavy (non-hydrogen) atoms. The van der Waals surface area contributed by atoms with Gasteiger partial charge in [0.15, 0.2) is 0 Å². The molecule has 0 radical (unpaired) electrons. The zero-order valence-corrected chi connectivity index (χ0v) is 18.2. The molecule has 0 aliphatic heterocycles. The van der Waals surface area contributed by atoms with Gasteiger partial charge in [0.05, 0.1) is 0 Å². The van der Waals surface area contributed by atoms with Crippen LogP contribution in [0.25, 0.3) is 0 Å². The van der Waals surface area contributed by atoms with E-state index >= 15 is 0 Å². The molecule has 3 aromatic carbocycles. The smallest absolute Gasteiger partial charge is 0.121 e. The third-order valence-electron chi connectivity index (χ3n) is 6.79. The highest BCUT2D eigenvalue weighted by Crippen LogP contribution is 2.57. The van der Waals surface area contributed by atoms with Crippen LogP contribution in [0.1, 0.15) is 64.8 Å². The van der Waals surface area contributed by atoms with Gasteiger partial charge in [0.1, 0.15) is 11.5 Å². The van der Waals surface area contributed by atoms with Crippen LogP contribution >= 0.6 is 0 Å². The zero-order chi connectivity index (χ0) is 21.1. The lowest BCUT2D eigenvalue weighted by Crippen LogP contribution is -2.29. The molecule has 0 spiro atoms. The van der Waals surface area contributed by atoms with Crippen LogP contribution in [0.5, 0.6) is 11.5 Å². The van der Waals surface area contributed by atoms with Crippen molar-refractivity contribution in [2.45, 2.75) is 58.8 Å². The van der Waals surface area contributed by atoms with Gasteiger partial charge in [0.25, 0.3) is 0 Å². The minimum absolute atomic E-state index is 0.00991. The van der Waals surface area contributed by atoms with E-state index in [1.165, 1.54) is 22.3 Å². The summed E-state index contributed by atoms with van der Waals surface area (Å²) in [6, 6.07) is 17.3. The normalized spacial score (nSPS) is 16.6. The maximum atomic E-state index is 10.4. The van der Waals surface area contributed by atoms with Crippen molar-refractivity contribution >= 4 is 0 Å². The number of hydrogen-bond acceptors (Lipinski definition) is 2. The summed E-state index contributed by atoms with van der Waals surface area (Å²) >= 11 is 0. The van der Waals surface area contributed by atoms with E-state index in [2.05, 4.69) is 62.4 Å². The highest BCUT2D eigenvalue weighted by atomic mass is 16.3. The molecular weight excluding hydrogens is 356 g/mol. The first-order valence-electron chi connectivity index (χ1n) is 10.3. The molecule has 0 saturated heterocycles. The molecule has 0 fully saturated rings. The second-order valence-corrected chi connectivity index (χ2v) is 9.43. The Kier molecular flexibility index (Phi) is 4.31. The van der Waals surface area contributed by atoms with Crippen LogP contribution in [-0.2, 0) is 10.8 Å². The van der Waals surface area contributed by atoms with Crippen LogP contribution in [0.15, 0.2) is 48.5 Å². The number of rotatable bonds is 2. The van der Waals surface area contributed by atoms with Gasteiger partial charge in [-0.3, -0.25) is 0 Å². The molecule has 0 unspecified atom stereocenters. The van der Waals surface area contributed by atoms with Crippen molar-refractivity contribution in [3.05, 3.63) is 93.0 Å². The van der Waals surface area contributed by atoms with Crippen LogP contribution < -0.4 is 0 Å². The van der Waals surface area contributed by atoms with Crippen molar-refractivity contribution in [2.75, 3.05) is 0 Å². The summed E-state index contributed by atoms with van der Waals surface area (Å²) in [5.41, 5.74) is 8.36. The van der Waals surface area contributed by atoms with E-state index in [0.29, 0.717) is 11.5 Å². The number of phenolic OH excluding ortho intramolecular Hbond substituents is 2. The first kappa shape index (κ1) is 19.6. The largest absolute Gasteiger partial charge is 0.507 e. The predicted molar refractivity (Wildman–Crippen MR) is 119 cm³/mol. The van der Waals surface area contributed by atoms with Crippen molar-refractivity contribution in [3.8, 4) is 11.5 Å². The summed E-state index contributed by atoms with van der Waals surface area (Å²) in [4.78, 5) is 0. The summed E-state index contributed by atoms with van der Waals surface area (Å²) in [6.07, 6.45) is 0.937. The van der Waals surface area contributed by atoms with Gasteiger partial charge in [0.2, 0.25) is 0 Å². The molecule has 0 amide bonds. The Morgan fingerprint density at radius 1 is 0.655 bits per heavy atom. The average Bonchev–Trinajstić information content (AvgIpc) is 2.92. The van der Waals surface area contributed by atoms with E-state index in [1.807, 2.05) is 27.7 Å². The maximum Gasteiger partial charge on any atom is 0.121 e. The molecule has 1 aliphatic rings. The van der Waals surface area contributed by atoms with Gasteiger partial charge in [-0.1, -0.05) is 62.4 Å². The van der Waals surface area contributed by atoms with Crippen molar-refractivity contribution in [3.63, 3.8) is 0 Å². The molecule has 3 aromatic rings. The van der Waals surface area contributed by atoms with Crippen LogP contribution in [-0.4, -0.2) is 10.2 Å². The van der Waals surface area contributed by atoms with Gasteiger partial charge in [-0.15, -0.1) is 0 Å². The molecule has 2 heteroatoms. The van der Waals surface area contributed by atoms with E-state index in [0.717, 1.165) is 28.7 Å². The SMILES string of the molecule is Cc1cc(C2(c3cc(C)c(O)c(C)c3)CC(C)(C)c3ccccc32)cc(C)c1O. The van der Waals surface area contributed by atoms with Crippen LogP contribution in [0, 0.1) is 27.7 Å². The fraction of sp³-hybridized carbons (Fsp3) is 0.333. The quantitative estimate of drug-likeness (QED) is 0.539. The lowest BCUT2D eigenvalue weighted by Gasteiger charge is -2.35. The number of aryl methyl sites for hydroxylation is 4. The van der Waals surface area contributed by atoms with Crippen molar-refractivity contribution < 1.29 is 10.2 Å². The summed E-state index contributed by atoms with van der Waals surface area (Å²) in [6.45, 7) is 12.5. The van der Waals surface area contributed by atoms with Gasteiger partial charge < -0.3 is 10.2 Å². The van der Waals surface area contributed by atoms with Gasteiger partial charge in [-0.2, -0.15) is 0 Å². The summed E-state index contributed by atoms with van der Waals surface area (Å²) in [5.74, 6) is 0.736. The average molecular weight is 387 g/mol. The summed E-state index contributed by atoms with van der Waals surface area (Å²) in [5, 5.41) is 20.8. The monoisotopic (exact) mass is 386 g/mol. The Labute approximate surface area is 173 Å². The van der Waals surface area contributed by atoms with Gasteiger partial charge in [0, 0.05) is 5.41 Å².